The van der Waals surface area contributed by atoms with Crippen molar-refractivity contribution in [2.45, 2.75) is 90.9 Å². The van der Waals surface area contributed by atoms with Crippen molar-refractivity contribution in [3.05, 3.63) is 79.7 Å². The Hall–Kier alpha value is -4.82. The van der Waals surface area contributed by atoms with Gasteiger partial charge in [-0.05, 0) is 81.8 Å². The number of carbonyl (C=O) groups is 6. The summed E-state index contributed by atoms with van der Waals surface area (Å²) >= 11 is 7.26. The van der Waals surface area contributed by atoms with Gasteiger partial charge in [0.1, 0.15) is 0 Å². The summed E-state index contributed by atoms with van der Waals surface area (Å²) in [4.78, 5) is 81.5. The van der Waals surface area contributed by atoms with Crippen LogP contribution in [0, 0.1) is 0 Å². The molecule has 0 aliphatic carbocycles. The maximum Gasteiger partial charge on any atom is 0.261 e. The van der Waals surface area contributed by atoms with E-state index in [4.69, 9.17) is 0 Å². The molecular formula is C46H54Br2N6O6. The highest BCUT2D eigenvalue weighted by atomic mass is 79.9. The third-order valence-corrected chi connectivity index (χ3v) is 12.4. The smallest absolute Gasteiger partial charge is 0.261 e. The molecule has 0 unspecified atom stereocenters. The second-order valence-electron chi connectivity index (χ2n) is 15.4. The number of hydrogen-bond acceptors (Lipinski definition) is 8. The summed E-state index contributed by atoms with van der Waals surface area (Å²) in [5, 5.41) is 15.4. The molecule has 0 bridgehead atoms. The molecule has 14 heteroatoms. The summed E-state index contributed by atoms with van der Waals surface area (Å²) in [5.74, 6) is -1.30. The summed E-state index contributed by atoms with van der Waals surface area (Å²) in [6.07, 6.45) is 9.48. The molecule has 2 aliphatic heterocycles. The Bertz CT molecular complexity index is 2140. The van der Waals surface area contributed by atoms with E-state index >= 15 is 0 Å². The van der Waals surface area contributed by atoms with Gasteiger partial charge in [-0.1, -0.05) is 76.6 Å². The quantitative estimate of drug-likeness (QED) is 0.0424. The summed E-state index contributed by atoms with van der Waals surface area (Å²) < 4.78 is 1.41. The molecule has 2 heterocycles. The van der Waals surface area contributed by atoms with Gasteiger partial charge in [0.2, 0.25) is 11.8 Å². The highest BCUT2D eigenvalue weighted by molar-refractivity contribution is 9.11. The zero-order valence-corrected chi connectivity index (χ0v) is 37.6. The first-order valence-electron chi connectivity index (χ1n) is 21.3. The van der Waals surface area contributed by atoms with Crippen molar-refractivity contribution in [3.63, 3.8) is 0 Å². The molecule has 4 aromatic carbocycles. The van der Waals surface area contributed by atoms with E-state index in [-0.39, 0.29) is 35.4 Å². The van der Waals surface area contributed by atoms with Crippen LogP contribution in [-0.2, 0) is 9.59 Å². The highest BCUT2D eigenvalue weighted by Gasteiger charge is 2.35. The Labute approximate surface area is 368 Å². The number of benzene rings is 4. The van der Waals surface area contributed by atoms with Crippen molar-refractivity contribution >= 4 is 100 Å². The number of nitrogens with one attached hydrogen (secondary N) is 4. The van der Waals surface area contributed by atoms with E-state index in [1.165, 1.54) is 9.80 Å². The van der Waals surface area contributed by atoms with Gasteiger partial charge in [-0.3, -0.25) is 38.6 Å². The first-order valence-corrected chi connectivity index (χ1v) is 22.9. The first kappa shape index (κ1) is 44.7. The SMILES string of the molecule is CCCCC[14CH2]N1C(=O)c2cccc3c(NCCNC(=O)CCCCC(=O)NCCNc4c(Br)cc5c6c(cccc46)C(=O)N([14CH2]CCCCC)C5=O)c(Br)cc(c23)C1=O. The van der Waals surface area contributed by atoms with Crippen molar-refractivity contribution in [1.29, 1.82) is 0 Å². The van der Waals surface area contributed by atoms with Gasteiger partial charge in [-0.25, -0.2) is 0 Å². The molecule has 0 atom stereocenters. The fourth-order valence-corrected chi connectivity index (χ4v) is 9.21. The van der Waals surface area contributed by atoms with Crippen LogP contribution in [0.1, 0.15) is 132 Å². The topological polar surface area (TPSA) is 157 Å². The minimum atomic E-state index is -0.275. The van der Waals surface area contributed by atoms with Crippen LogP contribution in [-0.4, -0.2) is 84.5 Å². The lowest BCUT2D eigenvalue weighted by Crippen LogP contribution is -2.41. The summed E-state index contributed by atoms with van der Waals surface area (Å²) in [6.45, 7) is 6.64. The second kappa shape index (κ2) is 21.1. The molecule has 6 amide bonds. The van der Waals surface area contributed by atoms with Crippen LogP contribution >= 0.6 is 31.9 Å². The minimum Gasteiger partial charge on any atom is -0.382 e. The van der Waals surface area contributed by atoms with Crippen LogP contribution in [0.25, 0.3) is 21.5 Å². The maximum atomic E-state index is 13.4. The summed E-state index contributed by atoms with van der Waals surface area (Å²) in [5.41, 5.74) is 3.54. The number of nitrogens with zero attached hydrogens (tertiary/aromatic N) is 2. The van der Waals surface area contributed by atoms with E-state index in [1.807, 2.05) is 24.3 Å². The number of halogens is 2. The molecule has 0 aromatic heterocycles. The number of unbranched alkanes of at least 4 members (excludes halogenated alkanes) is 7. The van der Waals surface area contributed by atoms with Crippen LogP contribution in [0.15, 0.2) is 57.5 Å². The fraction of sp³-hybridized carbons (Fsp3) is 0.435. The Morgan fingerprint density at radius 2 is 0.950 bits per heavy atom. The lowest BCUT2D eigenvalue weighted by molar-refractivity contribution is -0.122. The Kier molecular flexibility index (Phi) is 15.7. The van der Waals surface area contributed by atoms with E-state index in [0.717, 1.165) is 73.5 Å². The number of rotatable bonds is 23. The molecule has 4 N–H and O–H groups in total. The lowest BCUT2D eigenvalue weighted by Gasteiger charge is -2.28. The zero-order chi connectivity index (χ0) is 42.8. The normalized spacial score (nSPS) is 13.4. The maximum absolute atomic E-state index is 13.4. The van der Waals surface area contributed by atoms with Gasteiger partial charge >= 0.3 is 0 Å². The molecule has 0 saturated carbocycles. The molecule has 60 heavy (non-hydrogen) atoms. The first-order chi connectivity index (χ1) is 29.1. The van der Waals surface area contributed by atoms with Gasteiger partial charge in [0.15, 0.2) is 0 Å². The molecule has 0 fully saturated rings. The molecule has 6 rings (SSSR count). The van der Waals surface area contributed by atoms with Gasteiger partial charge in [0, 0.05) is 105 Å². The highest BCUT2D eigenvalue weighted by Crippen LogP contribution is 2.41. The fourth-order valence-electron chi connectivity index (χ4n) is 8.05. The van der Waals surface area contributed by atoms with Crippen LogP contribution in [0.2, 0.25) is 0 Å². The molecule has 0 saturated heterocycles. The van der Waals surface area contributed by atoms with Gasteiger partial charge in [-0.15, -0.1) is 0 Å². The Morgan fingerprint density at radius 3 is 1.35 bits per heavy atom. The zero-order valence-electron chi connectivity index (χ0n) is 34.4. The van der Waals surface area contributed by atoms with Gasteiger partial charge in [0.25, 0.3) is 23.6 Å². The molecule has 12 nitrogen and oxygen atoms in total. The lowest BCUT2D eigenvalue weighted by atomic mass is 9.93. The molecule has 4 aromatic rings. The third kappa shape index (κ3) is 10.0. The van der Waals surface area contributed by atoms with Crippen LogP contribution in [0.3, 0.4) is 0 Å². The van der Waals surface area contributed by atoms with E-state index < -0.39 is 0 Å². The van der Waals surface area contributed by atoms with Gasteiger partial charge in [0.05, 0.1) is 11.4 Å². The van der Waals surface area contributed by atoms with Crippen molar-refractivity contribution < 1.29 is 28.8 Å². The van der Waals surface area contributed by atoms with Gasteiger partial charge < -0.3 is 21.3 Å². The van der Waals surface area contributed by atoms with Crippen molar-refractivity contribution in [3.8, 4) is 0 Å². The predicted molar refractivity (Wildman–Crippen MR) is 244 cm³/mol. The average Bonchev–Trinajstić information content (AvgIpc) is 3.24. The third-order valence-electron chi connectivity index (χ3n) is 11.2. The average molecular weight is 951 g/mol. The van der Waals surface area contributed by atoms with Crippen molar-refractivity contribution in [2.75, 3.05) is 49.9 Å². The van der Waals surface area contributed by atoms with E-state index in [1.54, 1.807) is 24.3 Å². The second-order valence-corrected chi connectivity index (χ2v) is 17.1. The summed E-state index contributed by atoms with van der Waals surface area (Å²) in [6, 6.07) is 14.5. The molecule has 318 valence electrons. The van der Waals surface area contributed by atoms with Crippen LogP contribution in [0.5, 0.6) is 0 Å². The monoisotopic (exact) mass is 948 g/mol. The largest absolute Gasteiger partial charge is 0.382 e. The molecular weight excluding hydrogens is 896 g/mol. The molecule has 0 spiro atoms. The number of carbonyl (C=O) groups excluding carboxylic acids is 6. The standard InChI is InChI=1S/C46H54Br2N6O6/c1-3-5-7-11-25-53-43(57)31-17-13-15-29-39(31)33(45(53)59)27-35(47)41(29)51-23-21-49-37(55)19-9-10-20-38(56)50-22-24-52-42-30-16-14-18-32-40(30)34(28-36(42)48)46(60)54(44(32)58)26-12-8-6-4-2/h13-18,27-28,51-52H,3-12,19-26H2,1-2H3,(H,49,55)(H,50,56)/i25+2,26+2. The van der Waals surface area contributed by atoms with Crippen molar-refractivity contribution in [2.24, 2.45) is 0 Å². The van der Waals surface area contributed by atoms with E-state index in [0.29, 0.717) is 107 Å². The van der Waals surface area contributed by atoms with Crippen LogP contribution in [0.4, 0.5) is 11.4 Å². The predicted octanol–water partition coefficient (Wildman–Crippen LogP) is 9.19. The molecule has 2 aliphatic rings. The van der Waals surface area contributed by atoms with Crippen LogP contribution < -0.4 is 21.3 Å². The van der Waals surface area contributed by atoms with Crippen molar-refractivity contribution in [1.82, 2.24) is 20.4 Å². The van der Waals surface area contributed by atoms with E-state index in [9.17, 15) is 28.8 Å². The summed E-state index contributed by atoms with van der Waals surface area (Å²) in [7, 11) is 0. The number of anilines is 2. The number of amides is 6. The van der Waals surface area contributed by atoms with Gasteiger partial charge in [-0.2, -0.15) is 0 Å². The number of hydrogen-bond donors (Lipinski definition) is 4. The Morgan fingerprint density at radius 1 is 0.550 bits per heavy atom. The molecule has 0 radical (unpaired) electrons. The Balaban J connectivity index is 0.908. The van der Waals surface area contributed by atoms with E-state index in [2.05, 4.69) is 67.0 Å². The minimum absolute atomic E-state index is 0.109. The number of imide groups is 2.